The number of aliphatic hydroxyl groups excluding tert-OH is 1. The Balaban J connectivity index is 1.76. The van der Waals surface area contributed by atoms with E-state index in [1.807, 2.05) is 6.92 Å². The highest BCUT2D eigenvalue weighted by atomic mass is 19.4. The van der Waals surface area contributed by atoms with Crippen LogP contribution in [0.25, 0.3) is 0 Å². The highest BCUT2D eigenvalue weighted by Crippen LogP contribution is 2.34. The van der Waals surface area contributed by atoms with Gasteiger partial charge in [-0.3, -0.25) is 14.6 Å². The van der Waals surface area contributed by atoms with Gasteiger partial charge in [0, 0.05) is 30.4 Å². The summed E-state index contributed by atoms with van der Waals surface area (Å²) in [6.45, 7) is 2.33. The fraction of sp³-hybridized carbons (Fsp3) is 0.409. The summed E-state index contributed by atoms with van der Waals surface area (Å²) in [5.41, 5.74) is 2.92. The summed E-state index contributed by atoms with van der Waals surface area (Å²) in [6, 6.07) is 6.06. The lowest BCUT2D eigenvalue weighted by molar-refractivity contribution is -0.153. The number of nitrogens with one attached hydrogen (secondary N) is 1. The Labute approximate surface area is 183 Å². The van der Waals surface area contributed by atoms with Crippen LogP contribution in [0.5, 0.6) is 5.75 Å². The van der Waals surface area contributed by atoms with Gasteiger partial charge >= 0.3 is 6.18 Å². The van der Waals surface area contributed by atoms with Crippen LogP contribution in [-0.4, -0.2) is 52.7 Å². The van der Waals surface area contributed by atoms with Crippen LogP contribution in [0.2, 0.25) is 0 Å². The van der Waals surface area contributed by atoms with Gasteiger partial charge < -0.3 is 20.1 Å². The molecule has 32 heavy (non-hydrogen) atoms. The molecule has 0 saturated heterocycles. The van der Waals surface area contributed by atoms with Crippen molar-refractivity contribution in [2.75, 3.05) is 19.8 Å². The third-order valence-corrected chi connectivity index (χ3v) is 5.27. The van der Waals surface area contributed by atoms with E-state index in [1.54, 1.807) is 30.0 Å². The number of aliphatic hydroxyl groups is 1. The molecule has 7 nitrogen and oxygen atoms in total. The van der Waals surface area contributed by atoms with E-state index in [0.717, 1.165) is 5.56 Å². The van der Waals surface area contributed by atoms with Crippen molar-refractivity contribution in [3.05, 3.63) is 58.4 Å². The zero-order chi connectivity index (χ0) is 23.5. The van der Waals surface area contributed by atoms with Crippen molar-refractivity contribution in [1.82, 2.24) is 15.2 Å². The van der Waals surface area contributed by atoms with Gasteiger partial charge in [0.05, 0.1) is 24.8 Å². The number of rotatable bonds is 8. The molecule has 2 N–H and O–H groups in total. The number of aryl methyl sites for hydroxylation is 1. The van der Waals surface area contributed by atoms with E-state index in [1.165, 1.54) is 12.3 Å². The number of carbonyl (C=O) groups is 2. The van der Waals surface area contributed by atoms with E-state index >= 15 is 0 Å². The molecule has 0 fully saturated rings. The molecule has 2 heterocycles. The molecule has 10 heteroatoms. The number of halogens is 3. The molecule has 1 unspecified atom stereocenters. The van der Waals surface area contributed by atoms with Crippen LogP contribution in [0.15, 0.2) is 30.5 Å². The molecule has 1 atom stereocenters. The van der Waals surface area contributed by atoms with Gasteiger partial charge in [-0.15, -0.1) is 0 Å². The molecule has 0 spiro atoms. The number of aromatic nitrogens is 1. The first kappa shape index (κ1) is 23.5. The summed E-state index contributed by atoms with van der Waals surface area (Å²) in [4.78, 5) is 30.9. The molecule has 0 radical (unpaired) electrons. The van der Waals surface area contributed by atoms with Gasteiger partial charge in [-0.1, -0.05) is 12.1 Å². The number of benzene rings is 1. The third kappa shape index (κ3) is 5.37. The van der Waals surface area contributed by atoms with Gasteiger partial charge in [0.2, 0.25) is 5.91 Å². The second-order valence-electron chi connectivity index (χ2n) is 7.57. The van der Waals surface area contributed by atoms with Crippen molar-refractivity contribution in [3.63, 3.8) is 0 Å². The Kier molecular flexibility index (Phi) is 7.02. The summed E-state index contributed by atoms with van der Waals surface area (Å²) in [7, 11) is 0. The fourth-order valence-corrected chi connectivity index (χ4v) is 3.62. The topological polar surface area (TPSA) is 91.8 Å². The summed E-state index contributed by atoms with van der Waals surface area (Å²) >= 11 is 0. The highest BCUT2D eigenvalue weighted by molar-refractivity contribution is 5.99. The quantitative estimate of drug-likeness (QED) is 0.644. The summed E-state index contributed by atoms with van der Waals surface area (Å²) in [6.07, 6.45) is -2.95. The van der Waals surface area contributed by atoms with Crippen molar-refractivity contribution in [3.8, 4) is 5.75 Å². The predicted molar refractivity (Wildman–Crippen MR) is 109 cm³/mol. The lowest BCUT2D eigenvalue weighted by Crippen LogP contribution is -2.28. The van der Waals surface area contributed by atoms with Crippen LogP contribution in [0.4, 0.5) is 13.2 Å². The van der Waals surface area contributed by atoms with Crippen LogP contribution < -0.4 is 10.1 Å². The monoisotopic (exact) mass is 451 g/mol. The second kappa shape index (κ2) is 9.56. The third-order valence-electron chi connectivity index (χ3n) is 5.27. The van der Waals surface area contributed by atoms with Crippen LogP contribution in [0, 0.1) is 6.92 Å². The number of amides is 2. The Morgan fingerprint density at radius 2 is 2.09 bits per heavy atom. The number of fused-ring (bicyclic) bond motifs is 1. The van der Waals surface area contributed by atoms with Gasteiger partial charge in [-0.25, -0.2) is 0 Å². The standard InChI is InChI=1S/C22H24F3N3O4/c1-13-9-15(3-4-19(13)32-12-22(23,24)25)14(2)28-11-17-16(21(28)31)5-6-26-18(17)10-20(30)27-7-8-29/h3-6,9,14,29H,7-8,10-12H2,1-2H3,(H,27,30). The molecule has 1 aliphatic heterocycles. The number of alkyl halides is 3. The maximum absolute atomic E-state index is 13.0. The minimum Gasteiger partial charge on any atom is -0.484 e. The van der Waals surface area contributed by atoms with E-state index in [0.29, 0.717) is 22.4 Å². The molecular weight excluding hydrogens is 427 g/mol. The zero-order valence-electron chi connectivity index (χ0n) is 17.7. The van der Waals surface area contributed by atoms with Gasteiger partial charge in [0.25, 0.3) is 5.91 Å². The summed E-state index contributed by atoms with van der Waals surface area (Å²) in [5.74, 6) is -0.374. The highest BCUT2D eigenvalue weighted by Gasteiger charge is 2.34. The van der Waals surface area contributed by atoms with Gasteiger partial charge in [-0.05, 0) is 37.1 Å². The minimum absolute atomic E-state index is 0.0109. The summed E-state index contributed by atoms with van der Waals surface area (Å²) < 4.78 is 42.1. The Morgan fingerprint density at radius 3 is 2.75 bits per heavy atom. The molecular formula is C22H24F3N3O4. The Bertz CT molecular complexity index is 1010. The largest absolute Gasteiger partial charge is 0.484 e. The minimum atomic E-state index is -4.42. The first-order valence-electron chi connectivity index (χ1n) is 10.1. The van der Waals surface area contributed by atoms with E-state index in [-0.39, 0.29) is 49.7 Å². The Morgan fingerprint density at radius 1 is 1.34 bits per heavy atom. The van der Waals surface area contributed by atoms with Crippen molar-refractivity contribution in [2.45, 2.75) is 39.0 Å². The fourth-order valence-electron chi connectivity index (χ4n) is 3.62. The van der Waals surface area contributed by atoms with E-state index in [4.69, 9.17) is 9.84 Å². The molecule has 1 aromatic carbocycles. The van der Waals surface area contributed by atoms with Crippen LogP contribution in [0.1, 0.15) is 45.7 Å². The molecule has 2 aromatic rings. The number of hydrogen-bond donors (Lipinski definition) is 2. The van der Waals surface area contributed by atoms with Crippen molar-refractivity contribution >= 4 is 11.8 Å². The number of ether oxygens (including phenoxy) is 1. The molecule has 1 aromatic heterocycles. The first-order valence-corrected chi connectivity index (χ1v) is 10.1. The van der Waals surface area contributed by atoms with Crippen molar-refractivity contribution in [1.29, 1.82) is 0 Å². The Hall–Kier alpha value is -3.14. The number of nitrogens with zero attached hydrogens (tertiary/aromatic N) is 2. The molecule has 0 aliphatic carbocycles. The normalized spacial score (nSPS) is 14.3. The summed E-state index contributed by atoms with van der Waals surface area (Å²) in [5, 5.41) is 11.4. The number of hydrogen-bond acceptors (Lipinski definition) is 5. The zero-order valence-corrected chi connectivity index (χ0v) is 17.7. The SMILES string of the molecule is Cc1cc(C(C)N2Cc3c(ccnc3CC(=O)NCCO)C2=O)ccc1OCC(F)(F)F. The maximum Gasteiger partial charge on any atom is 0.422 e. The average molecular weight is 451 g/mol. The van der Waals surface area contributed by atoms with Crippen LogP contribution in [-0.2, 0) is 17.8 Å². The number of pyridine rings is 1. The van der Waals surface area contributed by atoms with E-state index in [9.17, 15) is 22.8 Å². The second-order valence-corrected chi connectivity index (χ2v) is 7.57. The maximum atomic E-state index is 13.0. The molecule has 1 aliphatic rings. The average Bonchev–Trinajstić information content (AvgIpc) is 3.08. The van der Waals surface area contributed by atoms with Crippen molar-refractivity contribution in [2.24, 2.45) is 0 Å². The predicted octanol–water partition coefficient (Wildman–Crippen LogP) is 2.70. The molecule has 0 saturated carbocycles. The lowest BCUT2D eigenvalue weighted by atomic mass is 10.0. The lowest BCUT2D eigenvalue weighted by Gasteiger charge is -2.25. The molecule has 2 amide bonds. The molecule has 0 bridgehead atoms. The van der Waals surface area contributed by atoms with Crippen molar-refractivity contribution < 1.29 is 32.6 Å². The van der Waals surface area contributed by atoms with E-state index in [2.05, 4.69) is 10.3 Å². The van der Waals surface area contributed by atoms with E-state index < -0.39 is 12.8 Å². The van der Waals surface area contributed by atoms with Gasteiger partial charge in [0.1, 0.15) is 5.75 Å². The first-order chi connectivity index (χ1) is 15.1. The number of carbonyl (C=O) groups excluding carboxylic acids is 2. The van der Waals surface area contributed by atoms with Gasteiger partial charge in [0.15, 0.2) is 6.61 Å². The molecule has 3 rings (SSSR count). The van der Waals surface area contributed by atoms with Gasteiger partial charge in [-0.2, -0.15) is 13.2 Å². The van der Waals surface area contributed by atoms with Crippen LogP contribution >= 0.6 is 0 Å². The molecule has 172 valence electrons. The van der Waals surface area contributed by atoms with Crippen LogP contribution in [0.3, 0.4) is 0 Å². The smallest absolute Gasteiger partial charge is 0.422 e.